The van der Waals surface area contributed by atoms with Crippen molar-refractivity contribution < 1.29 is 24.6 Å². The Hall–Kier alpha value is -2.82. The highest BCUT2D eigenvalue weighted by atomic mass is 16.7. The number of hydrogen-bond acceptors (Lipinski definition) is 7. The predicted octanol–water partition coefficient (Wildman–Crippen LogP) is 4.33. The topological polar surface area (TPSA) is 114 Å². The van der Waals surface area contributed by atoms with Crippen molar-refractivity contribution in [3.8, 4) is 11.1 Å². The average Bonchev–Trinajstić information content (AvgIpc) is 3.39. The van der Waals surface area contributed by atoms with Crippen LogP contribution in [0.15, 0.2) is 48.5 Å². The fourth-order valence-corrected chi connectivity index (χ4v) is 8.42. The van der Waals surface area contributed by atoms with Gasteiger partial charge in [0.2, 0.25) is 5.91 Å². The molecule has 258 valence electrons. The van der Waals surface area contributed by atoms with Gasteiger partial charge in [-0.3, -0.25) is 14.4 Å². The molecule has 4 aliphatic rings. The van der Waals surface area contributed by atoms with E-state index in [1.807, 2.05) is 62.6 Å². The van der Waals surface area contributed by atoms with Crippen molar-refractivity contribution in [2.45, 2.75) is 91.3 Å². The third-order valence-corrected chi connectivity index (χ3v) is 11.5. The lowest BCUT2D eigenvalue weighted by Crippen LogP contribution is -2.62. The van der Waals surface area contributed by atoms with E-state index in [-0.39, 0.29) is 30.5 Å². The van der Waals surface area contributed by atoms with Gasteiger partial charge < -0.3 is 25.7 Å². The monoisotopic (exact) mass is 648 g/mol. The van der Waals surface area contributed by atoms with E-state index in [1.54, 1.807) is 12.0 Å². The quantitative estimate of drug-likeness (QED) is 0.271. The lowest BCUT2D eigenvalue weighted by Gasteiger charge is -2.62. The second-order valence-corrected chi connectivity index (χ2v) is 15.6. The summed E-state index contributed by atoms with van der Waals surface area (Å²) in [4.78, 5) is 35.5. The van der Waals surface area contributed by atoms with Crippen LogP contribution in [0.5, 0.6) is 0 Å². The number of rotatable bonds is 12. The number of nitrogens with one attached hydrogen (secondary N) is 2. The lowest BCUT2D eigenvalue weighted by molar-refractivity contribution is -0.183. The van der Waals surface area contributed by atoms with Gasteiger partial charge in [-0.05, 0) is 97.8 Å². The summed E-state index contributed by atoms with van der Waals surface area (Å²) in [5.41, 5.74) is 3.67. The molecule has 0 radical (unpaired) electrons. The van der Waals surface area contributed by atoms with Crippen LogP contribution in [-0.4, -0.2) is 89.6 Å². The first kappa shape index (κ1) is 35.5. The minimum atomic E-state index is -0.850. The zero-order chi connectivity index (χ0) is 34.2. The summed E-state index contributed by atoms with van der Waals surface area (Å²) in [6.45, 7) is 13.6. The van der Waals surface area contributed by atoms with Crippen molar-refractivity contribution in [2.75, 3.05) is 27.2 Å². The fourth-order valence-electron chi connectivity index (χ4n) is 8.42. The number of amides is 2. The molecule has 1 heterocycles. The van der Waals surface area contributed by atoms with Gasteiger partial charge in [-0.25, -0.2) is 0 Å². The van der Waals surface area contributed by atoms with E-state index < -0.39 is 24.2 Å². The first-order valence-corrected chi connectivity index (χ1v) is 17.4. The van der Waals surface area contributed by atoms with Gasteiger partial charge in [0.05, 0.1) is 19.3 Å². The molecule has 2 aromatic carbocycles. The molecule has 1 saturated heterocycles. The smallest absolute Gasteiger partial charge is 0.251 e. The Labute approximate surface area is 281 Å². The molecule has 0 spiro atoms. The van der Waals surface area contributed by atoms with Crippen LogP contribution in [0.4, 0.5) is 0 Å². The first-order chi connectivity index (χ1) is 22.2. The minimum Gasteiger partial charge on any atom is -0.394 e. The summed E-state index contributed by atoms with van der Waals surface area (Å²) in [5.74, 6) is 1.01. The van der Waals surface area contributed by atoms with E-state index in [4.69, 9.17) is 4.84 Å². The molecule has 0 aromatic heterocycles. The van der Waals surface area contributed by atoms with Crippen LogP contribution in [0.2, 0.25) is 0 Å². The largest absolute Gasteiger partial charge is 0.394 e. The number of benzene rings is 2. The molecule has 2 bridgehead atoms. The molecule has 47 heavy (non-hydrogen) atoms. The van der Waals surface area contributed by atoms with Crippen LogP contribution in [0.1, 0.15) is 70.3 Å². The number of aliphatic hydroxyl groups is 2. The number of hydroxylamine groups is 2. The fraction of sp³-hybridized carbons (Fsp3) is 0.632. The Kier molecular flexibility index (Phi) is 10.8. The van der Waals surface area contributed by atoms with Gasteiger partial charge in [0.15, 0.2) is 0 Å². The Bertz CT molecular complexity index is 1410. The molecule has 2 aromatic rings. The van der Waals surface area contributed by atoms with Crippen molar-refractivity contribution in [1.82, 2.24) is 20.6 Å². The van der Waals surface area contributed by atoms with Crippen molar-refractivity contribution >= 4 is 11.8 Å². The second-order valence-electron chi connectivity index (χ2n) is 15.6. The number of nitrogens with zero attached hydrogens (tertiary/aromatic N) is 2. The van der Waals surface area contributed by atoms with E-state index in [9.17, 15) is 19.8 Å². The maximum atomic E-state index is 14.0. The van der Waals surface area contributed by atoms with Gasteiger partial charge in [-0.1, -0.05) is 65.0 Å². The van der Waals surface area contributed by atoms with Gasteiger partial charge in [0.25, 0.3) is 5.91 Å². The van der Waals surface area contributed by atoms with Crippen LogP contribution in [0, 0.1) is 35.0 Å². The number of likely N-dealkylation sites (N-methyl/N-ethyl adjacent to an activating group) is 1. The third kappa shape index (κ3) is 7.44. The van der Waals surface area contributed by atoms with Crippen molar-refractivity contribution in [1.29, 1.82) is 0 Å². The van der Waals surface area contributed by atoms with Gasteiger partial charge >= 0.3 is 0 Å². The molecule has 9 nitrogen and oxygen atoms in total. The van der Waals surface area contributed by atoms with Crippen LogP contribution >= 0.6 is 0 Å². The Balaban J connectivity index is 1.33. The SMILES string of the molecule is CC(C)[C@@H](CN(C)C)NC(=O)c1cccc(-c2cccc(CN3O[C@@H](CO)[C@@H]([C@H](C)O)[C@H]3C(=O)N[C@H]3CC4CC([C@H]3C)C4(C)C)c2)c1. The predicted molar refractivity (Wildman–Crippen MR) is 184 cm³/mol. The molecular formula is C38H56N4O5. The molecule has 9 atom stereocenters. The zero-order valence-corrected chi connectivity index (χ0v) is 29.4. The molecule has 1 aliphatic heterocycles. The summed E-state index contributed by atoms with van der Waals surface area (Å²) in [5, 5.41) is 29.2. The van der Waals surface area contributed by atoms with E-state index in [0.717, 1.165) is 29.7 Å². The van der Waals surface area contributed by atoms with E-state index in [1.165, 1.54) is 6.42 Å². The Morgan fingerprint density at radius 1 is 1.06 bits per heavy atom. The molecular weight excluding hydrogens is 592 g/mol. The molecule has 9 heteroatoms. The number of carbonyl (C=O) groups excluding carboxylic acids is 2. The lowest BCUT2D eigenvalue weighted by atomic mass is 9.45. The van der Waals surface area contributed by atoms with Crippen LogP contribution in [-0.2, 0) is 16.2 Å². The van der Waals surface area contributed by atoms with E-state index in [2.05, 4.69) is 50.2 Å². The number of aliphatic hydroxyl groups excluding tert-OH is 2. The molecule has 6 rings (SSSR count). The van der Waals surface area contributed by atoms with Gasteiger partial charge in [-0.2, -0.15) is 5.06 Å². The van der Waals surface area contributed by atoms with Crippen LogP contribution in [0.3, 0.4) is 0 Å². The summed E-state index contributed by atoms with van der Waals surface area (Å²) >= 11 is 0. The van der Waals surface area contributed by atoms with Crippen molar-refractivity contribution in [2.24, 2.45) is 35.0 Å². The van der Waals surface area contributed by atoms with Crippen LogP contribution < -0.4 is 10.6 Å². The highest BCUT2D eigenvalue weighted by Gasteiger charge is 2.57. The van der Waals surface area contributed by atoms with Gasteiger partial charge in [0.1, 0.15) is 12.1 Å². The van der Waals surface area contributed by atoms with E-state index >= 15 is 0 Å². The second kappa shape index (κ2) is 14.3. The van der Waals surface area contributed by atoms with Crippen molar-refractivity contribution in [3.63, 3.8) is 0 Å². The molecule has 3 aliphatic carbocycles. The van der Waals surface area contributed by atoms with Gasteiger partial charge in [0, 0.05) is 30.1 Å². The number of fused-ring (bicyclic) bond motifs is 2. The van der Waals surface area contributed by atoms with Crippen LogP contribution in [0.25, 0.3) is 11.1 Å². The highest BCUT2D eigenvalue weighted by Crippen LogP contribution is 2.61. The third-order valence-electron chi connectivity index (χ3n) is 11.5. The normalized spacial score (nSPS) is 29.7. The summed E-state index contributed by atoms with van der Waals surface area (Å²) in [7, 11) is 4.01. The minimum absolute atomic E-state index is 0.0298. The Morgan fingerprint density at radius 2 is 1.74 bits per heavy atom. The molecule has 3 saturated carbocycles. The number of carbonyl (C=O) groups is 2. The summed E-state index contributed by atoms with van der Waals surface area (Å²) in [6.07, 6.45) is 0.639. The molecule has 2 amide bonds. The summed E-state index contributed by atoms with van der Waals surface area (Å²) < 4.78 is 0. The molecule has 4 N–H and O–H groups in total. The number of hydrogen-bond donors (Lipinski definition) is 4. The van der Waals surface area contributed by atoms with Gasteiger partial charge in [-0.15, -0.1) is 0 Å². The van der Waals surface area contributed by atoms with Crippen molar-refractivity contribution in [3.05, 3.63) is 59.7 Å². The Morgan fingerprint density at radius 3 is 2.34 bits per heavy atom. The summed E-state index contributed by atoms with van der Waals surface area (Å²) in [6, 6.07) is 15.0. The maximum absolute atomic E-state index is 14.0. The first-order valence-electron chi connectivity index (χ1n) is 17.4. The zero-order valence-electron chi connectivity index (χ0n) is 29.4. The highest BCUT2D eigenvalue weighted by molar-refractivity contribution is 5.95. The molecule has 4 fully saturated rings. The average molecular weight is 649 g/mol. The maximum Gasteiger partial charge on any atom is 0.251 e. The molecule has 2 unspecified atom stereocenters. The van der Waals surface area contributed by atoms with E-state index in [0.29, 0.717) is 41.2 Å². The standard InChI is InChI=1S/C38H56N4O5/c1-22(2)32(20-41(7)8)40-36(45)28-14-10-13-27(16-28)26-12-9-11-25(15-26)19-42-35(34(24(4)44)33(21-43)47-42)37(46)39-31-18-29-17-30(23(31)3)38(29,5)6/h9-16,22-24,29-35,43-44H,17-21H2,1-8H3,(H,39,46)(H,40,45)/t23-,24+,29?,30?,31+,32-,33+,34-,35+/m1/s1.